The van der Waals surface area contributed by atoms with Gasteiger partial charge in [-0.05, 0) is 12.1 Å². The predicted molar refractivity (Wildman–Crippen MR) is 78.9 cm³/mol. The van der Waals surface area contributed by atoms with Crippen LogP contribution in [0.3, 0.4) is 0 Å². The molecule has 1 aromatic carbocycles. The first kappa shape index (κ1) is 14.2. The number of hydrogen-bond acceptors (Lipinski definition) is 5. The standard InChI is InChI=1S/C14H15FN2O3S/c15-9-2-1-3-10-11(9)12(16)13(21-10)14(19)17-4-5-20-7-8(17)6-18/h1-3,8,18H,4-7,16H2. The van der Waals surface area contributed by atoms with Gasteiger partial charge in [-0.25, -0.2) is 4.39 Å². The van der Waals surface area contributed by atoms with Gasteiger partial charge in [0, 0.05) is 11.2 Å². The van der Waals surface area contributed by atoms with E-state index in [-0.39, 0.29) is 24.2 Å². The summed E-state index contributed by atoms with van der Waals surface area (Å²) in [7, 11) is 0. The van der Waals surface area contributed by atoms with Crippen molar-refractivity contribution in [1.82, 2.24) is 4.90 Å². The van der Waals surface area contributed by atoms with Crippen LogP contribution in [-0.4, -0.2) is 48.3 Å². The number of nitrogen functional groups attached to an aromatic ring is 1. The number of thiophene rings is 1. The third-order valence-corrected chi connectivity index (χ3v) is 4.75. The van der Waals surface area contributed by atoms with E-state index in [9.17, 15) is 14.3 Å². The molecule has 112 valence electrons. The Bertz CT molecular complexity index is 688. The van der Waals surface area contributed by atoms with Crippen LogP contribution in [0.2, 0.25) is 0 Å². The highest BCUT2D eigenvalue weighted by Crippen LogP contribution is 2.36. The molecule has 1 amide bonds. The highest BCUT2D eigenvalue weighted by Gasteiger charge is 2.30. The first-order valence-electron chi connectivity index (χ1n) is 6.59. The van der Waals surface area contributed by atoms with E-state index in [1.165, 1.54) is 17.4 Å². The van der Waals surface area contributed by atoms with Gasteiger partial charge in [-0.2, -0.15) is 0 Å². The first-order chi connectivity index (χ1) is 10.1. The summed E-state index contributed by atoms with van der Waals surface area (Å²) in [5, 5.41) is 9.64. The van der Waals surface area contributed by atoms with Gasteiger partial charge in [0.15, 0.2) is 0 Å². The Balaban J connectivity index is 2.01. The topological polar surface area (TPSA) is 75.8 Å². The number of anilines is 1. The lowest BCUT2D eigenvalue weighted by Gasteiger charge is -2.34. The zero-order valence-electron chi connectivity index (χ0n) is 11.2. The van der Waals surface area contributed by atoms with E-state index >= 15 is 0 Å². The van der Waals surface area contributed by atoms with Crippen molar-refractivity contribution in [3.63, 3.8) is 0 Å². The van der Waals surface area contributed by atoms with Crippen LogP contribution in [0.25, 0.3) is 10.1 Å². The Hall–Kier alpha value is -1.70. The number of nitrogens with zero attached hydrogens (tertiary/aromatic N) is 1. The normalized spacial score (nSPS) is 19.1. The lowest BCUT2D eigenvalue weighted by Crippen LogP contribution is -2.50. The third kappa shape index (κ3) is 2.37. The monoisotopic (exact) mass is 310 g/mol. The number of carbonyl (C=O) groups excluding carboxylic acids is 1. The molecule has 1 aliphatic heterocycles. The molecule has 1 saturated heterocycles. The summed E-state index contributed by atoms with van der Waals surface area (Å²) in [4.78, 5) is 14.5. The average molecular weight is 310 g/mol. The van der Waals surface area contributed by atoms with Gasteiger partial charge in [0.1, 0.15) is 10.7 Å². The van der Waals surface area contributed by atoms with Gasteiger partial charge in [-0.3, -0.25) is 4.79 Å². The van der Waals surface area contributed by atoms with E-state index in [2.05, 4.69) is 0 Å². The minimum Gasteiger partial charge on any atom is -0.397 e. The maximum absolute atomic E-state index is 13.9. The van der Waals surface area contributed by atoms with Crippen molar-refractivity contribution in [2.45, 2.75) is 6.04 Å². The lowest BCUT2D eigenvalue weighted by molar-refractivity contribution is -0.0181. The van der Waals surface area contributed by atoms with Gasteiger partial charge >= 0.3 is 0 Å². The smallest absolute Gasteiger partial charge is 0.266 e. The van der Waals surface area contributed by atoms with Crippen LogP contribution in [0.5, 0.6) is 0 Å². The number of aliphatic hydroxyl groups is 1. The fourth-order valence-corrected chi connectivity index (χ4v) is 3.58. The highest BCUT2D eigenvalue weighted by atomic mass is 32.1. The van der Waals surface area contributed by atoms with Crippen LogP contribution in [0.15, 0.2) is 18.2 Å². The molecular formula is C14H15FN2O3S. The molecule has 0 bridgehead atoms. The van der Waals surface area contributed by atoms with Gasteiger partial charge in [0.25, 0.3) is 5.91 Å². The summed E-state index contributed by atoms with van der Waals surface area (Å²) >= 11 is 1.17. The number of fused-ring (bicyclic) bond motifs is 1. The SMILES string of the molecule is Nc1c(C(=O)N2CCOCC2CO)sc2cccc(F)c12. The summed E-state index contributed by atoms with van der Waals surface area (Å²) in [5.74, 6) is -0.712. The Labute approximate surface area is 124 Å². The average Bonchev–Trinajstić information content (AvgIpc) is 2.85. The van der Waals surface area contributed by atoms with E-state index < -0.39 is 5.82 Å². The molecule has 5 nitrogen and oxygen atoms in total. The molecule has 21 heavy (non-hydrogen) atoms. The second-order valence-corrected chi connectivity index (χ2v) is 5.92. The van der Waals surface area contributed by atoms with E-state index in [1.54, 1.807) is 17.0 Å². The second kappa shape index (κ2) is 5.59. The van der Waals surface area contributed by atoms with Crippen LogP contribution in [0, 0.1) is 5.82 Å². The molecule has 3 N–H and O–H groups in total. The van der Waals surface area contributed by atoms with Crippen molar-refractivity contribution < 1.29 is 19.0 Å². The summed E-state index contributed by atoms with van der Waals surface area (Å²) < 4.78 is 19.7. The number of rotatable bonds is 2. The largest absolute Gasteiger partial charge is 0.397 e. The number of amides is 1. The molecule has 3 rings (SSSR count). The van der Waals surface area contributed by atoms with Crippen molar-refractivity contribution in [3.05, 3.63) is 28.9 Å². The number of morpholine rings is 1. The zero-order chi connectivity index (χ0) is 15.0. The number of aliphatic hydroxyl groups excluding tert-OH is 1. The Morgan fingerprint density at radius 3 is 3.10 bits per heavy atom. The van der Waals surface area contributed by atoms with Crippen LogP contribution in [0.1, 0.15) is 9.67 Å². The molecule has 0 spiro atoms. The van der Waals surface area contributed by atoms with Crippen LogP contribution >= 0.6 is 11.3 Å². The van der Waals surface area contributed by atoms with Crippen LogP contribution in [-0.2, 0) is 4.74 Å². The molecule has 2 heterocycles. The Morgan fingerprint density at radius 1 is 1.57 bits per heavy atom. The predicted octanol–water partition coefficient (Wildman–Crippen LogP) is 1.46. The molecule has 7 heteroatoms. The van der Waals surface area contributed by atoms with Gasteiger partial charge in [-0.1, -0.05) is 6.07 Å². The minimum atomic E-state index is -0.430. The molecular weight excluding hydrogens is 295 g/mol. The van der Waals surface area contributed by atoms with Crippen molar-refractivity contribution >= 4 is 33.0 Å². The zero-order valence-corrected chi connectivity index (χ0v) is 12.0. The molecule has 1 atom stereocenters. The molecule has 0 radical (unpaired) electrons. The van der Waals surface area contributed by atoms with Gasteiger partial charge in [-0.15, -0.1) is 11.3 Å². The molecule has 1 fully saturated rings. The highest BCUT2D eigenvalue weighted by molar-refractivity contribution is 7.21. The number of halogens is 1. The quantitative estimate of drug-likeness (QED) is 0.880. The summed E-state index contributed by atoms with van der Waals surface area (Å²) in [6.07, 6.45) is 0. The maximum Gasteiger partial charge on any atom is 0.266 e. The number of nitrogens with two attached hydrogens (primary N) is 1. The van der Waals surface area contributed by atoms with Crippen LogP contribution < -0.4 is 5.73 Å². The fraction of sp³-hybridized carbons (Fsp3) is 0.357. The summed E-state index contributed by atoms with van der Waals surface area (Å²) in [5.41, 5.74) is 6.13. The lowest BCUT2D eigenvalue weighted by atomic mass is 10.2. The van der Waals surface area contributed by atoms with E-state index in [0.29, 0.717) is 34.7 Å². The third-order valence-electron chi connectivity index (χ3n) is 3.59. The maximum atomic E-state index is 13.9. The Morgan fingerprint density at radius 2 is 2.38 bits per heavy atom. The summed E-state index contributed by atoms with van der Waals surface area (Å²) in [6.45, 7) is 0.925. The van der Waals surface area contributed by atoms with Crippen molar-refractivity contribution in [2.75, 3.05) is 32.1 Å². The van der Waals surface area contributed by atoms with Gasteiger partial charge in [0.05, 0.1) is 36.9 Å². The fourth-order valence-electron chi connectivity index (χ4n) is 2.49. The van der Waals surface area contributed by atoms with Crippen molar-refractivity contribution in [3.8, 4) is 0 Å². The van der Waals surface area contributed by atoms with E-state index in [4.69, 9.17) is 10.5 Å². The van der Waals surface area contributed by atoms with Gasteiger partial charge in [0.2, 0.25) is 0 Å². The number of ether oxygens (including phenoxy) is 1. The Kier molecular flexibility index (Phi) is 3.79. The number of carbonyl (C=O) groups is 1. The molecule has 1 aliphatic rings. The van der Waals surface area contributed by atoms with E-state index in [0.717, 1.165) is 0 Å². The minimum absolute atomic E-state index is 0.168. The number of benzene rings is 1. The molecule has 1 aromatic heterocycles. The van der Waals surface area contributed by atoms with Crippen molar-refractivity contribution in [2.24, 2.45) is 0 Å². The van der Waals surface area contributed by atoms with Crippen LogP contribution in [0.4, 0.5) is 10.1 Å². The van der Waals surface area contributed by atoms with Gasteiger partial charge < -0.3 is 20.5 Å². The van der Waals surface area contributed by atoms with Crippen molar-refractivity contribution in [1.29, 1.82) is 0 Å². The van der Waals surface area contributed by atoms with E-state index in [1.807, 2.05) is 0 Å². The molecule has 0 saturated carbocycles. The molecule has 0 aliphatic carbocycles. The first-order valence-corrected chi connectivity index (χ1v) is 7.41. The number of hydrogen-bond donors (Lipinski definition) is 2. The molecule has 1 unspecified atom stereocenters. The molecule has 2 aromatic rings. The second-order valence-electron chi connectivity index (χ2n) is 4.87. The summed E-state index contributed by atoms with van der Waals surface area (Å²) in [6, 6.07) is 4.26.